The van der Waals surface area contributed by atoms with E-state index in [0.29, 0.717) is 6.42 Å². The molecule has 0 spiro atoms. The first-order valence-electron chi connectivity index (χ1n) is 5.89. The van der Waals surface area contributed by atoms with E-state index in [0.717, 1.165) is 31.7 Å². The number of hydrogen-bond acceptors (Lipinski definition) is 2. The van der Waals surface area contributed by atoms with Crippen LogP contribution in [0.4, 0.5) is 0 Å². The van der Waals surface area contributed by atoms with Crippen molar-refractivity contribution in [2.24, 2.45) is 0 Å². The SMILES string of the molecule is O=C(CC#Cc1ccccc1)N1CCNCC1. The largest absolute Gasteiger partial charge is 0.339 e. The normalized spacial score (nSPS) is 14.9. The number of piperazine rings is 1. The van der Waals surface area contributed by atoms with E-state index < -0.39 is 0 Å². The van der Waals surface area contributed by atoms with Crippen molar-refractivity contribution in [3.05, 3.63) is 35.9 Å². The zero-order valence-electron chi connectivity index (χ0n) is 9.78. The van der Waals surface area contributed by atoms with E-state index in [4.69, 9.17) is 0 Å². The van der Waals surface area contributed by atoms with E-state index in [1.54, 1.807) is 0 Å². The van der Waals surface area contributed by atoms with Crippen LogP contribution >= 0.6 is 0 Å². The van der Waals surface area contributed by atoms with Crippen LogP contribution in [0.1, 0.15) is 12.0 Å². The van der Waals surface area contributed by atoms with Crippen LogP contribution < -0.4 is 5.32 Å². The number of carbonyl (C=O) groups excluding carboxylic acids is 1. The molecule has 1 fully saturated rings. The van der Waals surface area contributed by atoms with Crippen molar-refractivity contribution in [2.45, 2.75) is 6.42 Å². The predicted octanol–water partition coefficient (Wildman–Crippen LogP) is 0.860. The molecule has 3 heteroatoms. The molecule has 1 amide bonds. The molecule has 1 saturated heterocycles. The summed E-state index contributed by atoms with van der Waals surface area (Å²) in [6, 6.07) is 9.74. The third kappa shape index (κ3) is 3.61. The Balaban J connectivity index is 1.85. The highest BCUT2D eigenvalue weighted by Crippen LogP contribution is 1.98. The summed E-state index contributed by atoms with van der Waals surface area (Å²) in [4.78, 5) is 13.7. The summed E-state index contributed by atoms with van der Waals surface area (Å²) in [5.74, 6) is 6.07. The van der Waals surface area contributed by atoms with Gasteiger partial charge in [0.1, 0.15) is 0 Å². The van der Waals surface area contributed by atoms with E-state index >= 15 is 0 Å². The average Bonchev–Trinajstić information content (AvgIpc) is 2.41. The molecule has 0 bridgehead atoms. The lowest BCUT2D eigenvalue weighted by molar-refractivity contribution is -0.130. The molecule has 2 rings (SSSR count). The van der Waals surface area contributed by atoms with Crippen LogP contribution in [0.25, 0.3) is 0 Å². The van der Waals surface area contributed by atoms with Gasteiger partial charge in [-0.2, -0.15) is 0 Å². The highest BCUT2D eigenvalue weighted by molar-refractivity contribution is 5.79. The number of rotatable bonds is 1. The molecule has 0 saturated carbocycles. The molecule has 1 heterocycles. The van der Waals surface area contributed by atoms with Crippen LogP contribution in [0.3, 0.4) is 0 Å². The van der Waals surface area contributed by atoms with E-state index in [2.05, 4.69) is 17.2 Å². The molecule has 0 aromatic heterocycles. The van der Waals surface area contributed by atoms with Crippen LogP contribution in [-0.4, -0.2) is 37.0 Å². The minimum absolute atomic E-state index is 0.134. The van der Waals surface area contributed by atoms with Gasteiger partial charge in [0.2, 0.25) is 5.91 Å². The first-order chi connectivity index (χ1) is 8.36. The van der Waals surface area contributed by atoms with Gasteiger partial charge in [-0.1, -0.05) is 30.0 Å². The maximum Gasteiger partial charge on any atom is 0.234 e. The maximum atomic E-state index is 11.8. The lowest BCUT2D eigenvalue weighted by Crippen LogP contribution is -2.46. The van der Waals surface area contributed by atoms with Gasteiger partial charge in [0.15, 0.2) is 0 Å². The second-order valence-corrected chi connectivity index (χ2v) is 3.98. The summed E-state index contributed by atoms with van der Waals surface area (Å²) >= 11 is 0. The van der Waals surface area contributed by atoms with Gasteiger partial charge in [-0.25, -0.2) is 0 Å². The molecule has 0 aliphatic carbocycles. The molecular formula is C14H16N2O. The predicted molar refractivity (Wildman–Crippen MR) is 67.4 cm³/mol. The van der Waals surface area contributed by atoms with Crippen LogP contribution in [0.2, 0.25) is 0 Å². The monoisotopic (exact) mass is 228 g/mol. The molecule has 88 valence electrons. The maximum absolute atomic E-state index is 11.8. The number of hydrogen-bond donors (Lipinski definition) is 1. The van der Waals surface area contributed by atoms with Gasteiger partial charge < -0.3 is 10.2 Å². The summed E-state index contributed by atoms with van der Waals surface area (Å²) in [7, 11) is 0. The van der Waals surface area contributed by atoms with Crippen molar-refractivity contribution in [1.82, 2.24) is 10.2 Å². The smallest absolute Gasteiger partial charge is 0.234 e. The number of nitrogens with zero attached hydrogens (tertiary/aromatic N) is 1. The first kappa shape index (κ1) is 11.7. The molecule has 1 aliphatic heterocycles. The van der Waals surface area contributed by atoms with Gasteiger partial charge in [-0.15, -0.1) is 0 Å². The van der Waals surface area contributed by atoms with E-state index in [1.807, 2.05) is 35.2 Å². The van der Waals surface area contributed by atoms with Gasteiger partial charge in [0, 0.05) is 31.7 Å². The molecule has 1 aliphatic rings. The summed E-state index contributed by atoms with van der Waals surface area (Å²) in [5, 5.41) is 3.22. The fraction of sp³-hybridized carbons (Fsp3) is 0.357. The molecule has 1 aromatic rings. The van der Waals surface area contributed by atoms with E-state index in [9.17, 15) is 4.79 Å². The second kappa shape index (κ2) is 6.07. The van der Waals surface area contributed by atoms with E-state index in [1.165, 1.54) is 0 Å². The Kier molecular flexibility index (Phi) is 4.17. The Labute approximate surface area is 102 Å². The molecule has 1 N–H and O–H groups in total. The van der Waals surface area contributed by atoms with Gasteiger partial charge >= 0.3 is 0 Å². The van der Waals surface area contributed by atoms with Crippen LogP contribution in [0.5, 0.6) is 0 Å². The Bertz CT molecular complexity index is 425. The fourth-order valence-electron chi connectivity index (χ4n) is 1.77. The zero-order valence-corrected chi connectivity index (χ0v) is 9.78. The van der Waals surface area contributed by atoms with Gasteiger partial charge in [0.05, 0.1) is 6.42 Å². The Morgan fingerprint density at radius 3 is 2.65 bits per heavy atom. The standard InChI is InChI=1S/C14H16N2O/c17-14(16-11-9-15-10-12-16)8-4-7-13-5-2-1-3-6-13/h1-3,5-6,15H,8-12H2. The number of nitrogens with one attached hydrogen (secondary N) is 1. The van der Waals surface area contributed by atoms with Crippen molar-refractivity contribution < 1.29 is 4.79 Å². The van der Waals surface area contributed by atoms with Crippen molar-refractivity contribution in [3.8, 4) is 11.8 Å². The summed E-state index contributed by atoms with van der Waals surface area (Å²) < 4.78 is 0. The van der Waals surface area contributed by atoms with Gasteiger partial charge in [0.25, 0.3) is 0 Å². The Morgan fingerprint density at radius 2 is 1.94 bits per heavy atom. The fourth-order valence-corrected chi connectivity index (χ4v) is 1.77. The number of carbonyl (C=O) groups is 1. The summed E-state index contributed by atoms with van der Waals surface area (Å²) in [5.41, 5.74) is 0.959. The van der Waals surface area contributed by atoms with Crippen LogP contribution in [0, 0.1) is 11.8 Å². The lowest BCUT2D eigenvalue weighted by atomic mass is 10.2. The number of amides is 1. The van der Waals surface area contributed by atoms with Crippen molar-refractivity contribution >= 4 is 5.91 Å². The second-order valence-electron chi connectivity index (χ2n) is 3.98. The highest BCUT2D eigenvalue weighted by Gasteiger charge is 2.14. The molecule has 0 atom stereocenters. The van der Waals surface area contributed by atoms with Crippen molar-refractivity contribution in [3.63, 3.8) is 0 Å². The minimum Gasteiger partial charge on any atom is -0.339 e. The zero-order chi connectivity index (χ0) is 11.9. The van der Waals surface area contributed by atoms with Crippen molar-refractivity contribution in [1.29, 1.82) is 0 Å². The third-order valence-corrected chi connectivity index (χ3v) is 2.72. The third-order valence-electron chi connectivity index (χ3n) is 2.72. The van der Waals surface area contributed by atoms with E-state index in [-0.39, 0.29) is 5.91 Å². The summed E-state index contributed by atoms with van der Waals surface area (Å²) in [6.45, 7) is 3.37. The molecule has 3 nitrogen and oxygen atoms in total. The first-order valence-corrected chi connectivity index (χ1v) is 5.89. The van der Waals surface area contributed by atoms with Crippen LogP contribution in [-0.2, 0) is 4.79 Å². The highest BCUT2D eigenvalue weighted by atomic mass is 16.2. The van der Waals surface area contributed by atoms with Crippen molar-refractivity contribution in [2.75, 3.05) is 26.2 Å². The lowest BCUT2D eigenvalue weighted by Gasteiger charge is -2.26. The average molecular weight is 228 g/mol. The molecule has 0 radical (unpaired) electrons. The molecule has 17 heavy (non-hydrogen) atoms. The minimum atomic E-state index is 0.134. The molecule has 1 aromatic carbocycles. The van der Waals surface area contributed by atoms with Crippen LogP contribution in [0.15, 0.2) is 30.3 Å². The topological polar surface area (TPSA) is 32.3 Å². The summed E-state index contributed by atoms with van der Waals surface area (Å²) in [6.07, 6.45) is 0.314. The Hall–Kier alpha value is -1.79. The number of benzene rings is 1. The van der Waals surface area contributed by atoms with Gasteiger partial charge in [-0.05, 0) is 12.1 Å². The quantitative estimate of drug-likeness (QED) is 0.723. The molecule has 0 unspecified atom stereocenters. The molecular weight excluding hydrogens is 212 g/mol. The van der Waals surface area contributed by atoms with Gasteiger partial charge in [-0.3, -0.25) is 4.79 Å². The Morgan fingerprint density at radius 1 is 1.24 bits per heavy atom.